The molecule has 0 saturated carbocycles. The summed E-state index contributed by atoms with van der Waals surface area (Å²) in [4.78, 5) is 22.1. The number of aromatic nitrogens is 4. The number of rotatable bonds is 8. The Labute approximate surface area is 265 Å². The van der Waals surface area contributed by atoms with Crippen molar-refractivity contribution in [3.63, 3.8) is 0 Å². The van der Waals surface area contributed by atoms with E-state index in [0.717, 1.165) is 47.4 Å². The van der Waals surface area contributed by atoms with Crippen molar-refractivity contribution < 1.29 is 18.7 Å². The lowest BCUT2D eigenvalue weighted by Crippen LogP contribution is -2.48. The van der Waals surface area contributed by atoms with Crippen LogP contribution in [0.1, 0.15) is 21.1 Å². The first-order valence-electron chi connectivity index (χ1n) is 13.4. The summed E-state index contributed by atoms with van der Waals surface area (Å²) in [5.74, 6) is 3.15. The molecule has 0 aliphatic carbocycles. The van der Waals surface area contributed by atoms with Crippen LogP contribution in [0.3, 0.4) is 0 Å². The minimum Gasteiger partial charge on any atom is -0.461 e. The first kappa shape index (κ1) is 28.2. The third-order valence-corrected chi connectivity index (χ3v) is 9.85. The van der Waals surface area contributed by atoms with Crippen LogP contribution < -0.4 is 9.47 Å². The fraction of sp³-hybridized carbons (Fsp3) is 0.241. The number of ether oxygens (including phenoxy) is 2. The summed E-state index contributed by atoms with van der Waals surface area (Å²) in [6.45, 7) is 3.93. The van der Waals surface area contributed by atoms with Gasteiger partial charge in [-0.15, -0.1) is 21.5 Å². The topological polar surface area (TPSA) is 98.8 Å². The van der Waals surface area contributed by atoms with Crippen molar-refractivity contribution >= 4 is 52.2 Å². The Bertz CT molecular complexity index is 1770. The van der Waals surface area contributed by atoms with E-state index < -0.39 is 0 Å². The molecule has 0 N–H and O–H groups in total. The van der Waals surface area contributed by atoms with Crippen molar-refractivity contribution in [2.45, 2.75) is 17.5 Å². The molecule has 220 valence electrons. The molecule has 5 heterocycles. The Kier molecular flexibility index (Phi) is 8.02. The molecule has 14 heteroatoms. The van der Waals surface area contributed by atoms with Crippen molar-refractivity contribution in [3.8, 4) is 28.8 Å². The molecule has 1 saturated heterocycles. The van der Waals surface area contributed by atoms with Crippen LogP contribution in [-0.2, 0) is 12.3 Å². The van der Waals surface area contributed by atoms with Gasteiger partial charge in [0.15, 0.2) is 22.4 Å². The lowest BCUT2D eigenvalue weighted by molar-refractivity contribution is 0.0623. The van der Waals surface area contributed by atoms with Crippen LogP contribution >= 0.6 is 46.3 Å². The maximum Gasteiger partial charge on any atom is 0.273 e. The lowest BCUT2D eigenvalue weighted by atomic mass is 10.1. The third kappa shape index (κ3) is 5.98. The average molecular weight is 656 g/mol. The molecule has 10 nitrogen and oxygen atoms in total. The zero-order chi connectivity index (χ0) is 29.3. The van der Waals surface area contributed by atoms with Gasteiger partial charge in [-0.1, -0.05) is 41.0 Å². The van der Waals surface area contributed by atoms with Crippen LogP contribution in [0.25, 0.3) is 17.3 Å². The molecule has 0 atom stereocenters. The summed E-state index contributed by atoms with van der Waals surface area (Å²) >= 11 is 15.4. The molecule has 0 bridgehead atoms. The fourth-order valence-electron chi connectivity index (χ4n) is 4.96. The molecule has 2 aliphatic rings. The Hall–Kier alpha value is -3.55. The van der Waals surface area contributed by atoms with E-state index in [1.54, 1.807) is 24.5 Å². The molecule has 5 aromatic rings. The number of thioether (sulfide) groups is 1. The highest BCUT2D eigenvalue weighted by Crippen LogP contribution is 2.34. The quantitative estimate of drug-likeness (QED) is 0.179. The van der Waals surface area contributed by atoms with E-state index in [1.807, 2.05) is 39.1 Å². The number of carbonyl (C=O) groups excluding carboxylic acids is 1. The molecule has 2 aliphatic heterocycles. The zero-order valence-corrected chi connectivity index (χ0v) is 25.8. The number of piperazine rings is 1. The van der Waals surface area contributed by atoms with Crippen LogP contribution in [0, 0.1) is 0 Å². The minimum atomic E-state index is -0.0469. The second-order valence-corrected chi connectivity index (χ2v) is 12.6. The number of nitrogens with zero attached hydrogens (tertiary/aromatic N) is 6. The number of furan rings is 1. The van der Waals surface area contributed by atoms with Gasteiger partial charge in [0.1, 0.15) is 10.7 Å². The SMILES string of the molecule is O=C(c1csc(CSc2nnc(-c3ccco3)n2-c2ccc(Cl)c(Cl)c2)n1)N1CCN(Cc2ccc3c(c2)OCO3)CC1. The fourth-order valence-corrected chi connectivity index (χ4v) is 6.99. The van der Waals surface area contributed by atoms with Crippen molar-refractivity contribution in [2.75, 3.05) is 33.0 Å². The number of amides is 1. The summed E-state index contributed by atoms with van der Waals surface area (Å²) < 4.78 is 18.4. The number of hydrogen-bond donors (Lipinski definition) is 0. The smallest absolute Gasteiger partial charge is 0.273 e. The molecule has 3 aromatic heterocycles. The standard InChI is InChI=1S/C29H24Cl2N6O4S2/c30-20-5-4-19(13-21(20)31)37-27(24-2-1-11-39-24)33-34-29(37)43-16-26-32-22(15-42-26)28(38)36-9-7-35(8-10-36)14-18-3-6-23-25(12-18)41-17-40-23/h1-6,11-13,15H,7-10,14,16-17H2. The van der Waals surface area contributed by atoms with E-state index in [9.17, 15) is 4.79 Å². The van der Waals surface area contributed by atoms with Crippen molar-refractivity contribution in [1.29, 1.82) is 0 Å². The predicted octanol–water partition coefficient (Wildman–Crippen LogP) is 6.27. The van der Waals surface area contributed by atoms with Gasteiger partial charge < -0.3 is 18.8 Å². The van der Waals surface area contributed by atoms with Gasteiger partial charge in [0, 0.05) is 38.1 Å². The molecule has 7 rings (SSSR count). The van der Waals surface area contributed by atoms with Gasteiger partial charge in [0.05, 0.1) is 27.7 Å². The van der Waals surface area contributed by atoms with Crippen molar-refractivity contribution in [1.82, 2.24) is 29.5 Å². The number of halogens is 2. The summed E-state index contributed by atoms with van der Waals surface area (Å²) in [5, 5.41) is 12.9. The minimum absolute atomic E-state index is 0.0469. The van der Waals surface area contributed by atoms with E-state index in [1.165, 1.54) is 23.1 Å². The molecule has 43 heavy (non-hydrogen) atoms. The summed E-state index contributed by atoms with van der Waals surface area (Å²) in [6, 6.07) is 15.0. The lowest BCUT2D eigenvalue weighted by Gasteiger charge is -2.34. The van der Waals surface area contributed by atoms with E-state index in [2.05, 4.69) is 26.1 Å². The van der Waals surface area contributed by atoms with Gasteiger partial charge in [-0.2, -0.15) is 0 Å². The van der Waals surface area contributed by atoms with Crippen LogP contribution in [0.15, 0.2) is 69.7 Å². The second kappa shape index (κ2) is 12.2. The predicted molar refractivity (Wildman–Crippen MR) is 165 cm³/mol. The van der Waals surface area contributed by atoms with Gasteiger partial charge in [-0.25, -0.2) is 4.98 Å². The van der Waals surface area contributed by atoms with E-state index in [-0.39, 0.29) is 12.7 Å². The maximum absolute atomic E-state index is 13.3. The first-order chi connectivity index (χ1) is 21.0. The third-order valence-electron chi connectivity index (χ3n) is 7.13. The molecule has 0 radical (unpaired) electrons. The molecule has 2 aromatic carbocycles. The highest BCUT2D eigenvalue weighted by atomic mass is 35.5. The number of thiazole rings is 1. The molecule has 1 fully saturated rings. The van der Waals surface area contributed by atoms with E-state index in [4.69, 9.17) is 37.1 Å². The van der Waals surface area contributed by atoms with Crippen LogP contribution in [0.5, 0.6) is 11.5 Å². The number of hydrogen-bond acceptors (Lipinski definition) is 10. The first-order valence-corrected chi connectivity index (χ1v) is 16.1. The summed E-state index contributed by atoms with van der Waals surface area (Å²) in [6.07, 6.45) is 1.59. The van der Waals surface area contributed by atoms with Crippen molar-refractivity contribution in [2.24, 2.45) is 0 Å². The normalized spacial score (nSPS) is 14.9. The number of fused-ring (bicyclic) bond motifs is 1. The Balaban J connectivity index is 0.989. The molecule has 1 amide bonds. The largest absolute Gasteiger partial charge is 0.461 e. The highest BCUT2D eigenvalue weighted by molar-refractivity contribution is 7.98. The summed E-state index contributed by atoms with van der Waals surface area (Å²) in [5.41, 5.74) is 2.38. The van der Waals surface area contributed by atoms with Gasteiger partial charge in [-0.3, -0.25) is 14.3 Å². The Morgan fingerprint density at radius 2 is 1.84 bits per heavy atom. The van der Waals surface area contributed by atoms with Gasteiger partial charge in [-0.05, 0) is 48.0 Å². The Morgan fingerprint density at radius 3 is 2.65 bits per heavy atom. The molecule has 0 spiro atoms. The second-order valence-electron chi connectivity index (χ2n) is 9.89. The molecular weight excluding hydrogens is 631 g/mol. The van der Waals surface area contributed by atoms with Gasteiger partial charge >= 0.3 is 0 Å². The maximum atomic E-state index is 13.3. The van der Waals surface area contributed by atoms with Crippen LogP contribution in [-0.4, -0.2) is 68.4 Å². The molecule has 0 unspecified atom stereocenters. The molecular formula is C29H24Cl2N6O4S2. The van der Waals surface area contributed by atoms with Crippen LogP contribution in [0.2, 0.25) is 10.0 Å². The van der Waals surface area contributed by atoms with E-state index >= 15 is 0 Å². The number of benzene rings is 2. The highest BCUT2D eigenvalue weighted by Gasteiger charge is 2.25. The van der Waals surface area contributed by atoms with Gasteiger partial charge in [0.25, 0.3) is 5.91 Å². The number of carbonyl (C=O) groups is 1. The monoisotopic (exact) mass is 654 g/mol. The van der Waals surface area contributed by atoms with Gasteiger partial charge in [0.2, 0.25) is 12.6 Å². The van der Waals surface area contributed by atoms with Crippen molar-refractivity contribution in [3.05, 3.63) is 86.5 Å². The zero-order valence-electron chi connectivity index (χ0n) is 22.6. The Morgan fingerprint density at radius 1 is 0.977 bits per heavy atom. The van der Waals surface area contributed by atoms with E-state index in [0.29, 0.717) is 51.3 Å². The summed E-state index contributed by atoms with van der Waals surface area (Å²) in [7, 11) is 0. The van der Waals surface area contributed by atoms with Crippen LogP contribution in [0.4, 0.5) is 0 Å². The average Bonchev–Trinajstić information content (AvgIpc) is 3.84.